The zero-order valence-electron chi connectivity index (χ0n) is 8.44. The number of nitro benzene ring substituents is 1. The summed E-state index contributed by atoms with van der Waals surface area (Å²) in [6, 6.07) is 0.673. The quantitative estimate of drug-likeness (QED) is 0.479. The molecular weight excluding hydrogens is 338 g/mol. The average Bonchev–Trinajstić information content (AvgIpc) is 2.16. The van der Waals surface area contributed by atoms with Gasteiger partial charge < -0.3 is 4.74 Å². The van der Waals surface area contributed by atoms with E-state index in [2.05, 4.69) is 4.74 Å². The first kappa shape index (κ1) is 15.8. The second-order valence-electron chi connectivity index (χ2n) is 3.00. The summed E-state index contributed by atoms with van der Waals surface area (Å²) < 4.78 is 61.5. The minimum Gasteiger partial charge on any atom is -0.405 e. The Morgan fingerprint density at radius 3 is 2.21 bits per heavy atom. The molecule has 1 rings (SSSR count). The number of ether oxygens (including phenoxy) is 1. The van der Waals surface area contributed by atoms with E-state index in [1.165, 1.54) is 0 Å². The number of benzene rings is 1. The second kappa shape index (κ2) is 5.02. The van der Waals surface area contributed by atoms with Gasteiger partial charge in [0.2, 0.25) is 0 Å². The number of alkyl halides is 3. The van der Waals surface area contributed by atoms with Crippen LogP contribution in [0.2, 0.25) is 5.02 Å². The fourth-order valence-corrected chi connectivity index (χ4v) is 2.60. The Morgan fingerprint density at radius 1 is 1.32 bits per heavy atom. The summed E-state index contributed by atoms with van der Waals surface area (Å²) in [5.74, 6) is -1.12. The van der Waals surface area contributed by atoms with Crippen LogP contribution in [0.3, 0.4) is 0 Å². The molecule has 0 amide bonds. The minimum absolute atomic E-state index is 0.335. The standard InChI is InChI=1S/C7H2Cl2F3NO5S/c8-6-4(13(14)15)1-3(18-7(10,11)12)2-5(6)19(9,16)17/h1-2H. The molecule has 0 N–H and O–H groups in total. The van der Waals surface area contributed by atoms with Crippen LogP contribution in [0, 0.1) is 10.1 Å². The Bertz CT molecular complexity index is 630. The molecule has 0 spiro atoms. The van der Waals surface area contributed by atoms with Gasteiger partial charge in [0.15, 0.2) is 0 Å². The van der Waals surface area contributed by atoms with Crippen LogP contribution in [0.5, 0.6) is 5.75 Å². The fourth-order valence-electron chi connectivity index (χ4n) is 1.06. The Kier molecular flexibility index (Phi) is 4.17. The lowest BCUT2D eigenvalue weighted by Gasteiger charge is -2.10. The van der Waals surface area contributed by atoms with Crippen molar-refractivity contribution in [3.05, 3.63) is 27.3 Å². The Labute approximate surface area is 113 Å². The van der Waals surface area contributed by atoms with Gasteiger partial charge in [0.25, 0.3) is 14.7 Å². The van der Waals surface area contributed by atoms with Crippen molar-refractivity contribution in [3.8, 4) is 5.75 Å². The van der Waals surface area contributed by atoms with Crippen molar-refractivity contribution in [1.29, 1.82) is 0 Å². The number of rotatable bonds is 3. The molecule has 0 heterocycles. The van der Waals surface area contributed by atoms with E-state index in [0.29, 0.717) is 12.1 Å². The zero-order valence-corrected chi connectivity index (χ0v) is 10.8. The van der Waals surface area contributed by atoms with Crippen molar-refractivity contribution in [2.24, 2.45) is 0 Å². The summed E-state index contributed by atoms with van der Waals surface area (Å²) >= 11 is 5.39. The lowest BCUT2D eigenvalue weighted by molar-refractivity contribution is -0.385. The summed E-state index contributed by atoms with van der Waals surface area (Å²) in [4.78, 5) is 8.34. The van der Waals surface area contributed by atoms with Gasteiger partial charge in [-0.05, 0) is 0 Å². The van der Waals surface area contributed by atoms with Crippen LogP contribution in [-0.4, -0.2) is 19.7 Å². The summed E-state index contributed by atoms with van der Waals surface area (Å²) in [5, 5.41) is 9.66. The van der Waals surface area contributed by atoms with E-state index in [4.69, 9.17) is 22.3 Å². The number of nitrogens with zero attached hydrogens (tertiary/aromatic N) is 1. The number of nitro groups is 1. The fraction of sp³-hybridized carbons (Fsp3) is 0.143. The molecule has 106 valence electrons. The normalized spacial score (nSPS) is 12.3. The number of hydrogen-bond acceptors (Lipinski definition) is 5. The topological polar surface area (TPSA) is 86.5 Å². The van der Waals surface area contributed by atoms with Gasteiger partial charge in [-0.3, -0.25) is 10.1 Å². The van der Waals surface area contributed by atoms with Gasteiger partial charge in [0, 0.05) is 16.7 Å². The van der Waals surface area contributed by atoms with Crippen LogP contribution < -0.4 is 4.74 Å². The summed E-state index contributed by atoms with van der Waals surface area (Å²) in [5.41, 5.74) is -1.08. The van der Waals surface area contributed by atoms with Crippen LogP contribution in [0.25, 0.3) is 0 Å². The van der Waals surface area contributed by atoms with Gasteiger partial charge in [-0.1, -0.05) is 11.6 Å². The van der Waals surface area contributed by atoms with Crippen molar-refractivity contribution in [2.75, 3.05) is 0 Å². The Morgan fingerprint density at radius 2 is 1.84 bits per heavy atom. The average molecular weight is 340 g/mol. The van der Waals surface area contributed by atoms with E-state index in [0.717, 1.165) is 0 Å². The SMILES string of the molecule is O=[N+]([O-])c1cc(OC(F)(F)F)cc(S(=O)(=O)Cl)c1Cl. The number of halogens is 5. The monoisotopic (exact) mass is 339 g/mol. The van der Waals surface area contributed by atoms with Crippen molar-refractivity contribution >= 4 is 37.0 Å². The van der Waals surface area contributed by atoms with Crippen LogP contribution >= 0.6 is 22.3 Å². The molecule has 6 nitrogen and oxygen atoms in total. The third kappa shape index (κ3) is 4.11. The molecule has 0 radical (unpaired) electrons. The van der Waals surface area contributed by atoms with Gasteiger partial charge in [0.05, 0.1) is 11.0 Å². The summed E-state index contributed by atoms with van der Waals surface area (Å²) in [7, 11) is 0.333. The third-order valence-electron chi connectivity index (χ3n) is 1.69. The molecule has 0 bridgehead atoms. The summed E-state index contributed by atoms with van der Waals surface area (Å²) in [6.07, 6.45) is -5.16. The highest BCUT2D eigenvalue weighted by atomic mass is 35.7. The lowest BCUT2D eigenvalue weighted by Crippen LogP contribution is -2.17. The maximum absolute atomic E-state index is 12.0. The van der Waals surface area contributed by atoms with Crippen molar-refractivity contribution in [1.82, 2.24) is 0 Å². The molecule has 0 aromatic heterocycles. The molecule has 0 saturated carbocycles. The van der Waals surface area contributed by atoms with Gasteiger partial charge in [-0.15, -0.1) is 13.2 Å². The van der Waals surface area contributed by atoms with Gasteiger partial charge in [0.1, 0.15) is 15.7 Å². The third-order valence-corrected chi connectivity index (χ3v) is 3.54. The van der Waals surface area contributed by atoms with Crippen LogP contribution in [0.15, 0.2) is 17.0 Å². The first-order chi connectivity index (χ1) is 8.42. The minimum atomic E-state index is -5.16. The number of hydrogen-bond donors (Lipinski definition) is 0. The molecule has 0 atom stereocenters. The highest BCUT2D eigenvalue weighted by Crippen LogP contribution is 2.38. The zero-order chi connectivity index (χ0) is 15.0. The molecule has 19 heavy (non-hydrogen) atoms. The molecule has 1 aromatic rings. The van der Waals surface area contributed by atoms with Crippen molar-refractivity contribution < 1.29 is 31.2 Å². The maximum atomic E-state index is 12.0. The van der Waals surface area contributed by atoms with E-state index in [1.807, 2.05) is 0 Å². The van der Waals surface area contributed by atoms with Crippen LogP contribution in [0.4, 0.5) is 18.9 Å². The molecule has 0 unspecified atom stereocenters. The first-order valence-corrected chi connectivity index (χ1v) is 6.79. The van der Waals surface area contributed by atoms with E-state index in [9.17, 15) is 31.7 Å². The predicted octanol–water partition coefficient (Wildman–Crippen LogP) is 3.07. The second-order valence-corrected chi connectivity index (χ2v) is 5.91. The summed E-state index contributed by atoms with van der Waals surface area (Å²) in [6.45, 7) is 0. The van der Waals surface area contributed by atoms with E-state index in [1.54, 1.807) is 0 Å². The van der Waals surface area contributed by atoms with Crippen molar-refractivity contribution in [3.63, 3.8) is 0 Å². The molecule has 0 saturated heterocycles. The highest BCUT2D eigenvalue weighted by molar-refractivity contribution is 8.13. The maximum Gasteiger partial charge on any atom is 0.573 e. The van der Waals surface area contributed by atoms with Crippen LogP contribution in [0.1, 0.15) is 0 Å². The molecule has 12 heteroatoms. The van der Waals surface area contributed by atoms with E-state index < -0.39 is 41.7 Å². The first-order valence-electron chi connectivity index (χ1n) is 4.10. The van der Waals surface area contributed by atoms with Gasteiger partial charge in [-0.2, -0.15) is 0 Å². The molecule has 0 aliphatic carbocycles. The molecule has 0 aliphatic rings. The molecular formula is C7H2Cl2F3NO5S. The molecule has 0 fully saturated rings. The lowest BCUT2D eigenvalue weighted by atomic mass is 10.3. The smallest absolute Gasteiger partial charge is 0.405 e. The van der Waals surface area contributed by atoms with Crippen molar-refractivity contribution in [2.45, 2.75) is 11.3 Å². The predicted molar refractivity (Wildman–Crippen MR) is 57.8 cm³/mol. The molecule has 0 aliphatic heterocycles. The van der Waals surface area contributed by atoms with Crippen LogP contribution in [-0.2, 0) is 9.05 Å². The van der Waals surface area contributed by atoms with E-state index >= 15 is 0 Å². The Hall–Kier alpha value is -1.26. The highest BCUT2D eigenvalue weighted by Gasteiger charge is 2.34. The largest absolute Gasteiger partial charge is 0.573 e. The van der Waals surface area contributed by atoms with Gasteiger partial charge in [-0.25, -0.2) is 8.42 Å². The van der Waals surface area contributed by atoms with Gasteiger partial charge >= 0.3 is 6.36 Å². The Balaban J connectivity index is 3.54. The molecule has 1 aromatic carbocycles. The van der Waals surface area contributed by atoms with E-state index in [-0.39, 0.29) is 0 Å².